The molecule has 1 fully saturated rings. The van der Waals surface area contributed by atoms with Crippen molar-refractivity contribution < 1.29 is 9.59 Å². The second-order valence-corrected chi connectivity index (χ2v) is 4.10. The van der Waals surface area contributed by atoms with Gasteiger partial charge in [-0.05, 0) is 6.42 Å². The van der Waals surface area contributed by atoms with Gasteiger partial charge in [0.15, 0.2) is 0 Å². The summed E-state index contributed by atoms with van der Waals surface area (Å²) >= 11 is 0. The van der Waals surface area contributed by atoms with Crippen LogP contribution in [0.5, 0.6) is 0 Å². The minimum atomic E-state index is -0.396. The number of nitrogen functional groups attached to an aromatic ring is 1. The van der Waals surface area contributed by atoms with Crippen LogP contribution in [0.1, 0.15) is 13.3 Å². The van der Waals surface area contributed by atoms with Crippen molar-refractivity contribution >= 4 is 17.8 Å². The molecule has 2 amide bonds. The van der Waals surface area contributed by atoms with Gasteiger partial charge in [-0.3, -0.25) is 9.59 Å². The quantitative estimate of drug-likeness (QED) is 0.688. The number of anilines is 1. The molecule has 0 aromatic carbocycles. The van der Waals surface area contributed by atoms with Crippen LogP contribution in [-0.2, 0) is 16.1 Å². The third-order valence-corrected chi connectivity index (χ3v) is 2.89. The van der Waals surface area contributed by atoms with Gasteiger partial charge in [-0.15, -0.1) is 5.10 Å². The van der Waals surface area contributed by atoms with Crippen molar-refractivity contribution in [2.45, 2.75) is 25.9 Å². The van der Waals surface area contributed by atoms with E-state index >= 15 is 0 Å². The molecule has 0 bridgehead atoms. The Morgan fingerprint density at radius 1 is 1.67 bits per heavy atom. The lowest BCUT2D eigenvalue weighted by Gasteiger charge is -2.34. The molecule has 3 N–H and O–H groups in total. The summed E-state index contributed by atoms with van der Waals surface area (Å²) in [7, 11) is 0. The van der Waals surface area contributed by atoms with Crippen molar-refractivity contribution in [1.29, 1.82) is 0 Å². The van der Waals surface area contributed by atoms with Crippen LogP contribution in [0.25, 0.3) is 0 Å². The van der Waals surface area contributed by atoms with E-state index in [1.54, 1.807) is 4.90 Å². The molecular weight excluding hydrogens is 236 g/mol. The highest BCUT2D eigenvalue weighted by Gasteiger charge is 2.31. The number of aromatic nitrogens is 3. The van der Waals surface area contributed by atoms with Gasteiger partial charge in [0.25, 0.3) is 0 Å². The van der Waals surface area contributed by atoms with Crippen LogP contribution in [-0.4, -0.2) is 50.6 Å². The summed E-state index contributed by atoms with van der Waals surface area (Å²) in [6.45, 7) is 2.94. The van der Waals surface area contributed by atoms with Gasteiger partial charge in [0.05, 0.1) is 0 Å². The fourth-order valence-electron chi connectivity index (χ4n) is 2.03. The summed E-state index contributed by atoms with van der Waals surface area (Å²) in [6, 6.07) is -0.396. The topological polar surface area (TPSA) is 106 Å². The number of nitrogens with zero attached hydrogens (tertiary/aromatic N) is 4. The Balaban J connectivity index is 2.05. The maximum atomic E-state index is 12.1. The summed E-state index contributed by atoms with van der Waals surface area (Å²) in [5.74, 6) is -0.122. The summed E-state index contributed by atoms with van der Waals surface area (Å²) in [6.07, 6.45) is 2.00. The van der Waals surface area contributed by atoms with Crippen LogP contribution in [0, 0.1) is 0 Å². The van der Waals surface area contributed by atoms with Crippen molar-refractivity contribution in [3.63, 3.8) is 0 Å². The lowest BCUT2D eigenvalue weighted by molar-refractivity contribution is -0.143. The number of carbonyl (C=O) groups excluding carboxylic acids is 2. The Morgan fingerprint density at radius 3 is 3.06 bits per heavy atom. The molecule has 1 aliphatic heterocycles. The Morgan fingerprint density at radius 2 is 2.44 bits per heavy atom. The molecule has 1 atom stereocenters. The van der Waals surface area contributed by atoms with E-state index in [1.165, 1.54) is 11.0 Å². The summed E-state index contributed by atoms with van der Waals surface area (Å²) in [5, 5.41) is 6.60. The number of nitrogens with two attached hydrogens (primary N) is 1. The summed E-state index contributed by atoms with van der Waals surface area (Å²) in [5.41, 5.74) is 5.38. The zero-order valence-electron chi connectivity index (χ0n) is 10.2. The van der Waals surface area contributed by atoms with Gasteiger partial charge >= 0.3 is 0 Å². The van der Waals surface area contributed by atoms with Crippen LogP contribution in [0.3, 0.4) is 0 Å². The van der Waals surface area contributed by atoms with Crippen LogP contribution in [0.4, 0.5) is 5.95 Å². The second-order valence-electron chi connectivity index (χ2n) is 4.10. The average molecular weight is 252 g/mol. The van der Waals surface area contributed by atoms with E-state index < -0.39 is 6.04 Å². The average Bonchev–Trinajstić information content (AvgIpc) is 2.74. The number of rotatable bonds is 3. The molecule has 2 rings (SSSR count). The Labute approximate surface area is 104 Å². The maximum absolute atomic E-state index is 12.1. The fourth-order valence-corrected chi connectivity index (χ4v) is 2.03. The summed E-state index contributed by atoms with van der Waals surface area (Å²) < 4.78 is 1.37. The van der Waals surface area contributed by atoms with E-state index in [-0.39, 0.29) is 24.3 Å². The highest BCUT2D eigenvalue weighted by Crippen LogP contribution is 2.09. The third-order valence-electron chi connectivity index (χ3n) is 2.89. The lowest BCUT2D eigenvalue weighted by atomic mass is 10.1. The predicted octanol–water partition coefficient (Wildman–Crippen LogP) is -1.40. The molecule has 0 spiro atoms. The Kier molecular flexibility index (Phi) is 3.45. The van der Waals surface area contributed by atoms with E-state index in [9.17, 15) is 9.59 Å². The molecule has 1 unspecified atom stereocenters. The number of hydrogen-bond donors (Lipinski definition) is 2. The number of amides is 2. The Bertz CT molecular complexity index is 457. The van der Waals surface area contributed by atoms with Crippen molar-refractivity contribution in [3.8, 4) is 0 Å². The first-order valence-corrected chi connectivity index (χ1v) is 5.84. The molecule has 0 radical (unpaired) electrons. The smallest absolute Gasteiger partial charge is 0.245 e. The number of hydrogen-bond acceptors (Lipinski definition) is 5. The van der Waals surface area contributed by atoms with Crippen LogP contribution in [0.2, 0.25) is 0 Å². The van der Waals surface area contributed by atoms with Gasteiger partial charge in [-0.2, -0.15) is 0 Å². The van der Waals surface area contributed by atoms with Gasteiger partial charge in [0, 0.05) is 13.1 Å². The molecule has 1 aliphatic rings. The monoisotopic (exact) mass is 252 g/mol. The highest BCUT2D eigenvalue weighted by molar-refractivity contribution is 5.88. The molecule has 2 heterocycles. The minimum Gasteiger partial charge on any atom is -0.367 e. The molecule has 8 heteroatoms. The van der Waals surface area contributed by atoms with Crippen molar-refractivity contribution in [3.05, 3.63) is 6.33 Å². The molecule has 98 valence electrons. The molecule has 1 aromatic heterocycles. The van der Waals surface area contributed by atoms with Crippen molar-refractivity contribution in [2.24, 2.45) is 0 Å². The normalized spacial score (nSPS) is 19.7. The molecule has 0 aliphatic carbocycles. The number of nitrogens with one attached hydrogen (secondary N) is 1. The lowest BCUT2D eigenvalue weighted by Crippen LogP contribution is -2.57. The second kappa shape index (κ2) is 5.03. The highest BCUT2D eigenvalue weighted by atomic mass is 16.2. The first kappa shape index (κ1) is 12.3. The van der Waals surface area contributed by atoms with Crippen LogP contribution < -0.4 is 11.1 Å². The van der Waals surface area contributed by atoms with E-state index in [0.717, 1.165) is 0 Å². The predicted molar refractivity (Wildman–Crippen MR) is 63.2 cm³/mol. The van der Waals surface area contributed by atoms with Crippen LogP contribution >= 0.6 is 0 Å². The van der Waals surface area contributed by atoms with Gasteiger partial charge in [0.1, 0.15) is 18.9 Å². The van der Waals surface area contributed by atoms with Gasteiger partial charge in [0.2, 0.25) is 17.8 Å². The molecule has 8 nitrogen and oxygen atoms in total. The largest absolute Gasteiger partial charge is 0.367 e. The van der Waals surface area contributed by atoms with E-state index in [4.69, 9.17) is 5.73 Å². The van der Waals surface area contributed by atoms with Gasteiger partial charge in [-0.1, -0.05) is 6.92 Å². The zero-order valence-corrected chi connectivity index (χ0v) is 10.2. The zero-order chi connectivity index (χ0) is 13.1. The molecule has 1 saturated heterocycles. The van der Waals surface area contributed by atoms with E-state index in [0.29, 0.717) is 19.5 Å². The minimum absolute atomic E-state index is 0.0496. The van der Waals surface area contributed by atoms with E-state index in [1.807, 2.05) is 6.92 Å². The third kappa shape index (κ3) is 2.41. The maximum Gasteiger partial charge on any atom is 0.245 e. The van der Waals surface area contributed by atoms with Gasteiger partial charge in [-0.25, -0.2) is 9.67 Å². The molecule has 18 heavy (non-hydrogen) atoms. The SMILES string of the molecule is CCC1C(=O)NCCN1C(=O)Cn1cnc(N)n1. The first-order valence-electron chi connectivity index (χ1n) is 5.84. The van der Waals surface area contributed by atoms with Crippen LogP contribution in [0.15, 0.2) is 6.33 Å². The van der Waals surface area contributed by atoms with Gasteiger partial charge < -0.3 is 16.0 Å². The molecular formula is C10H16N6O2. The van der Waals surface area contributed by atoms with Crippen molar-refractivity contribution in [1.82, 2.24) is 25.0 Å². The number of piperazine rings is 1. The summed E-state index contributed by atoms with van der Waals surface area (Å²) in [4.78, 5) is 29.1. The van der Waals surface area contributed by atoms with E-state index in [2.05, 4.69) is 15.4 Å². The number of carbonyl (C=O) groups is 2. The first-order chi connectivity index (χ1) is 8.61. The standard InChI is InChI=1S/C10H16N6O2/c1-2-7-9(18)12-3-4-16(7)8(17)5-15-6-13-10(11)14-15/h6-7H,2-5H2,1H3,(H2,11,14)(H,12,18). The Hall–Kier alpha value is -2.12. The molecule has 0 saturated carbocycles. The molecule has 1 aromatic rings. The van der Waals surface area contributed by atoms with Crippen molar-refractivity contribution in [2.75, 3.05) is 18.8 Å². The fraction of sp³-hybridized carbons (Fsp3) is 0.600.